The van der Waals surface area contributed by atoms with Gasteiger partial charge in [0.1, 0.15) is 18.0 Å². The van der Waals surface area contributed by atoms with Crippen LogP contribution in [0.1, 0.15) is 10.4 Å². The van der Waals surface area contributed by atoms with Crippen molar-refractivity contribution in [2.45, 2.75) is 6.54 Å². The maximum atomic E-state index is 13.0. The van der Waals surface area contributed by atoms with Gasteiger partial charge in [0.05, 0.1) is 31.4 Å². The van der Waals surface area contributed by atoms with Gasteiger partial charge in [-0.2, -0.15) is 5.10 Å². The fraction of sp³-hybridized carbons (Fsp3) is 0.304. The molecule has 2 heterocycles. The summed E-state index contributed by atoms with van der Waals surface area (Å²) in [6.07, 6.45) is 1.59. The average molecular weight is 436 g/mol. The van der Waals surface area contributed by atoms with Gasteiger partial charge < -0.3 is 19.3 Å². The van der Waals surface area contributed by atoms with Crippen LogP contribution in [0.15, 0.2) is 53.5 Å². The van der Waals surface area contributed by atoms with Crippen molar-refractivity contribution in [3.63, 3.8) is 0 Å². The monoisotopic (exact) mass is 436 g/mol. The zero-order valence-corrected chi connectivity index (χ0v) is 18.0. The number of hydrogen-bond acceptors (Lipinski definition) is 6. The topological polar surface area (TPSA) is 94.0 Å². The van der Waals surface area contributed by atoms with Crippen LogP contribution in [-0.2, 0) is 11.3 Å². The Kier molecular flexibility index (Phi) is 6.07. The van der Waals surface area contributed by atoms with E-state index in [4.69, 9.17) is 9.47 Å². The Balaban J connectivity index is 1.41. The Morgan fingerprint density at radius 3 is 2.41 bits per heavy atom. The lowest BCUT2D eigenvalue weighted by Gasteiger charge is -2.35. The Morgan fingerprint density at radius 2 is 1.69 bits per heavy atom. The zero-order chi connectivity index (χ0) is 22.7. The Labute approximate surface area is 184 Å². The molecule has 1 aliphatic heterocycles. The van der Waals surface area contributed by atoms with Crippen molar-refractivity contribution >= 4 is 22.6 Å². The standard InChI is InChI=1S/C23H24N4O5/c1-31-17-7-8-19(20(13-17)32-2)22(29)26-11-9-25(10-12-26)21(28)15-27-23(30)18-6-4-3-5-16(18)14-24-27/h3-8,13-14H,9-12,15H2,1-2H3. The van der Waals surface area contributed by atoms with Gasteiger partial charge in [-0.25, -0.2) is 4.68 Å². The van der Waals surface area contributed by atoms with E-state index in [9.17, 15) is 14.4 Å². The summed E-state index contributed by atoms with van der Waals surface area (Å²) in [5, 5.41) is 5.39. The number of amides is 2. The van der Waals surface area contributed by atoms with Gasteiger partial charge in [-0.1, -0.05) is 18.2 Å². The van der Waals surface area contributed by atoms with E-state index in [1.54, 1.807) is 53.4 Å². The molecule has 166 valence electrons. The van der Waals surface area contributed by atoms with Crippen LogP contribution in [0.2, 0.25) is 0 Å². The predicted octanol–water partition coefficient (Wildman–Crippen LogP) is 1.40. The van der Waals surface area contributed by atoms with Crippen molar-refractivity contribution in [3.05, 3.63) is 64.6 Å². The third-order valence-electron chi connectivity index (χ3n) is 5.61. The quantitative estimate of drug-likeness (QED) is 0.600. The molecule has 0 unspecified atom stereocenters. The summed E-state index contributed by atoms with van der Waals surface area (Å²) in [5.41, 5.74) is 0.150. The van der Waals surface area contributed by atoms with Crippen LogP contribution in [0.25, 0.3) is 10.8 Å². The molecule has 2 amide bonds. The van der Waals surface area contributed by atoms with E-state index in [-0.39, 0.29) is 23.9 Å². The summed E-state index contributed by atoms with van der Waals surface area (Å²) in [6.45, 7) is 1.40. The van der Waals surface area contributed by atoms with Crippen LogP contribution in [0.5, 0.6) is 11.5 Å². The molecule has 0 radical (unpaired) electrons. The van der Waals surface area contributed by atoms with E-state index in [2.05, 4.69) is 5.10 Å². The smallest absolute Gasteiger partial charge is 0.275 e. The van der Waals surface area contributed by atoms with E-state index in [0.29, 0.717) is 48.6 Å². The number of aromatic nitrogens is 2. The molecule has 3 aromatic rings. The molecule has 2 aromatic carbocycles. The van der Waals surface area contributed by atoms with Crippen LogP contribution in [0.3, 0.4) is 0 Å². The molecule has 1 fully saturated rings. The largest absolute Gasteiger partial charge is 0.497 e. The van der Waals surface area contributed by atoms with Gasteiger partial charge in [0.25, 0.3) is 11.5 Å². The summed E-state index contributed by atoms with van der Waals surface area (Å²) in [6, 6.07) is 12.2. The fourth-order valence-corrected chi connectivity index (χ4v) is 3.77. The predicted molar refractivity (Wildman–Crippen MR) is 118 cm³/mol. The molecule has 9 heteroatoms. The molecular formula is C23H24N4O5. The van der Waals surface area contributed by atoms with Crippen LogP contribution in [-0.4, -0.2) is 71.8 Å². The highest BCUT2D eigenvalue weighted by atomic mass is 16.5. The van der Waals surface area contributed by atoms with Gasteiger partial charge in [-0.05, 0) is 18.2 Å². The highest BCUT2D eigenvalue weighted by Gasteiger charge is 2.27. The Morgan fingerprint density at radius 1 is 0.969 bits per heavy atom. The fourth-order valence-electron chi connectivity index (χ4n) is 3.77. The van der Waals surface area contributed by atoms with Crippen LogP contribution < -0.4 is 15.0 Å². The highest BCUT2D eigenvalue weighted by molar-refractivity contribution is 5.97. The van der Waals surface area contributed by atoms with Gasteiger partial charge in [0, 0.05) is 37.6 Å². The van der Waals surface area contributed by atoms with Crippen molar-refractivity contribution in [1.29, 1.82) is 0 Å². The summed E-state index contributed by atoms with van der Waals surface area (Å²) in [4.78, 5) is 41.7. The molecule has 1 aromatic heterocycles. The number of methoxy groups -OCH3 is 2. The molecule has 0 spiro atoms. The molecule has 32 heavy (non-hydrogen) atoms. The SMILES string of the molecule is COc1ccc(C(=O)N2CCN(C(=O)Cn3ncc4ccccc4c3=O)CC2)c(OC)c1. The maximum Gasteiger partial charge on any atom is 0.275 e. The minimum Gasteiger partial charge on any atom is -0.497 e. The molecule has 0 N–H and O–H groups in total. The van der Waals surface area contributed by atoms with Gasteiger partial charge in [0.15, 0.2) is 0 Å². The number of nitrogens with zero attached hydrogens (tertiary/aromatic N) is 4. The first-order valence-corrected chi connectivity index (χ1v) is 10.3. The van der Waals surface area contributed by atoms with Gasteiger partial charge in [-0.15, -0.1) is 0 Å². The summed E-state index contributed by atoms with van der Waals surface area (Å²) < 4.78 is 11.7. The van der Waals surface area contributed by atoms with Crippen molar-refractivity contribution in [2.24, 2.45) is 0 Å². The Hall–Kier alpha value is -3.88. The minimum atomic E-state index is -0.295. The second-order valence-corrected chi connectivity index (χ2v) is 7.43. The third-order valence-corrected chi connectivity index (χ3v) is 5.61. The number of ether oxygens (including phenoxy) is 2. The number of carbonyl (C=O) groups excluding carboxylic acids is 2. The van der Waals surface area contributed by atoms with Crippen molar-refractivity contribution < 1.29 is 19.1 Å². The number of carbonyl (C=O) groups is 2. The second kappa shape index (κ2) is 9.09. The Bertz CT molecular complexity index is 1210. The first-order valence-electron chi connectivity index (χ1n) is 10.3. The number of piperazine rings is 1. The lowest BCUT2D eigenvalue weighted by Crippen LogP contribution is -2.51. The van der Waals surface area contributed by atoms with Crippen LogP contribution >= 0.6 is 0 Å². The number of fused-ring (bicyclic) bond motifs is 1. The normalized spacial score (nSPS) is 13.8. The highest BCUT2D eigenvalue weighted by Crippen LogP contribution is 2.26. The molecule has 1 saturated heterocycles. The van der Waals surface area contributed by atoms with Gasteiger partial charge >= 0.3 is 0 Å². The molecular weight excluding hydrogens is 412 g/mol. The van der Waals surface area contributed by atoms with Gasteiger partial charge in [-0.3, -0.25) is 14.4 Å². The van der Waals surface area contributed by atoms with E-state index in [1.807, 2.05) is 12.1 Å². The number of benzene rings is 2. The van der Waals surface area contributed by atoms with Crippen molar-refractivity contribution in [2.75, 3.05) is 40.4 Å². The molecule has 0 bridgehead atoms. The maximum absolute atomic E-state index is 13.0. The van der Waals surface area contributed by atoms with Gasteiger partial charge in [0.2, 0.25) is 5.91 Å². The van der Waals surface area contributed by atoms with Crippen molar-refractivity contribution in [3.8, 4) is 11.5 Å². The van der Waals surface area contributed by atoms with E-state index in [0.717, 1.165) is 5.39 Å². The van der Waals surface area contributed by atoms with E-state index in [1.165, 1.54) is 11.8 Å². The molecule has 0 saturated carbocycles. The second-order valence-electron chi connectivity index (χ2n) is 7.43. The minimum absolute atomic E-state index is 0.135. The lowest BCUT2D eigenvalue weighted by molar-refractivity contribution is -0.133. The lowest BCUT2D eigenvalue weighted by atomic mass is 10.1. The molecule has 0 aliphatic carbocycles. The van der Waals surface area contributed by atoms with E-state index < -0.39 is 0 Å². The molecule has 1 aliphatic rings. The summed E-state index contributed by atoms with van der Waals surface area (Å²) in [7, 11) is 3.05. The zero-order valence-electron chi connectivity index (χ0n) is 18.0. The van der Waals surface area contributed by atoms with E-state index >= 15 is 0 Å². The summed E-state index contributed by atoms with van der Waals surface area (Å²) in [5.74, 6) is 0.675. The third kappa shape index (κ3) is 4.14. The first-order chi connectivity index (χ1) is 15.5. The number of hydrogen-bond donors (Lipinski definition) is 0. The molecule has 0 atom stereocenters. The van der Waals surface area contributed by atoms with Crippen molar-refractivity contribution in [1.82, 2.24) is 19.6 Å². The average Bonchev–Trinajstić information content (AvgIpc) is 2.85. The first kappa shape index (κ1) is 21.4. The van der Waals surface area contributed by atoms with Crippen LogP contribution in [0, 0.1) is 0 Å². The van der Waals surface area contributed by atoms with Crippen LogP contribution in [0.4, 0.5) is 0 Å². The summed E-state index contributed by atoms with van der Waals surface area (Å²) >= 11 is 0. The molecule has 9 nitrogen and oxygen atoms in total. The number of rotatable bonds is 5. The molecule has 4 rings (SSSR count).